The molecular weight excluding hydrogens is 244 g/mol. The third-order valence-electron chi connectivity index (χ3n) is 2.78. The third kappa shape index (κ3) is 2.65. The van der Waals surface area contributed by atoms with Crippen LogP contribution in [0.3, 0.4) is 0 Å². The number of methoxy groups -OCH3 is 1. The van der Waals surface area contributed by atoms with Crippen molar-refractivity contribution >= 4 is 11.4 Å². The number of rotatable bonds is 4. The number of anilines is 2. The summed E-state index contributed by atoms with van der Waals surface area (Å²) in [6.07, 6.45) is 0. The maximum Gasteiger partial charge on any atom is 0.182 e. The van der Waals surface area contributed by atoms with E-state index in [1.165, 1.54) is 0 Å². The Kier molecular flexibility index (Phi) is 3.39. The predicted molar refractivity (Wildman–Crippen MR) is 73.3 cm³/mol. The number of tetrazole rings is 1. The van der Waals surface area contributed by atoms with Crippen LogP contribution in [-0.2, 0) is 10.3 Å². The number of ether oxygens (including phenoxy) is 1. The molecule has 0 spiro atoms. The number of nitrogens with zero attached hydrogens (tertiary/aromatic N) is 4. The van der Waals surface area contributed by atoms with E-state index in [4.69, 9.17) is 16.2 Å². The first-order chi connectivity index (χ1) is 8.94. The van der Waals surface area contributed by atoms with Crippen molar-refractivity contribution in [3.63, 3.8) is 0 Å². The van der Waals surface area contributed by atoms with Gasteiger partial charge in [-0.15, -0.1) is 5.10 Å². The Bertz CT molecular complexity index is 557. The fourth-order valence-electron chi connectivity index (χ4n) is 1.99. The average Bonchev–Trinajstić information content (AvgIpc) is 2.76. The van der Waals surface area contributed by atoms with Crippen molar-refractivity contribution in [3.05, 3.63) is 18.2 Å². The lowest BCUT2D eigenvalue weighted by Crippen LogP contribution is -2.33. The molecule has 1 aromatic carbocycles. The van der Waals surface area contributed by atoms with E-state index < -0.39 is 0 Å². The van der Waals surface area contributed by atoms with Crippen LogP contribution in [0.5, 0.6) is 0 Å². The molecule has 0 amide bonds. The van der Waals surface area contributed by atoms with Gasteiger partial charge in [-0.2, -0.15) is 0 Å². The minimum atomic E-state index is -0.368. The normalized spacial score (nSPS) is 11.7. The van der Waals surface area contributed by atoms with Gasteiger partial charge >= 0.3 is 0 Å². The molecule has 0 saturated heterocycles. The molecule has 1 aromatic heterocycles. The first-order valence-corrected chi connectivity index (χ1v) is 5.88. The Morgan fingerprint density at radius 3 is 2.42 bits per heavy atom. The lowest BCUT2D eigenvalue weighted by atomic mass is 10.1. The van der Waals surface area contributed by atoms with Gasteiger partial charge < -0.3 is 16.2 Å². The Hall–Kier alpha value is -2.15. The van der Waals surface area contributed by atoms with Gasteiger partial charge in [-0.3, -0.25) is 0 Å². The van der Waals surface area contributed by atoms with E-state index >= 15 is 0 Å². The number of nitrogen functional groups attached to an aromatic ring is 2. The Morgan fingerprint density at radius 2 is 1.84 bits per heavy atom. The molecule has 1 heterocycles. The quantitative estimate of drug-likeness (QED) is 0.793. The molecule has 0 aliphatic rings. The molecule has 0 saturated carbocycles. The van der Waals surface area contributed by atoms with Crippen molar-refractivity contribution in [1.82, 2.24) is 20.2 Å². The molecule has 0 fully saturated rings. The van der Waals surface area contributed by atoms with Gasteiger partial charge in [0, 0.05) is 24.0 Å². The molecule has 2 aromatic rings. The van der Waals surface area contributed by atoms with E-state index in [-0.39, 0.29) is 5.54 Å². The van der Waals surface area contributed by atoms with Crippen molar-refractivity contribution in [2.24, 2.45) is 0 Å². The zero-order valence-electron chi connectivity index (χ0n) is 11.3. The van der Waals surface area contributed by atoms with E-state index in [1.807, 2.05) is 13.8 Å². The third-order valence-corrected chi connectivity index (χ3v) is 2.78. The van der Waals surface area contributed by atoms with Crippen LogP contribution in [0.1, 0.15) is 13.8 Å². The Balaban J connectivity index is 2.50. The minimum absolute atomic E-state index is 0.368. The summed E-state index contributed by atoms with van der Waals surface area (Å²) in [4.78, 5) is 0. The maximum absolute atomic E-state index is 5.80. The molecule has 0 unspecified atom stereocenters. The van der Waals surface area contributed by atoms with Crippen LogP contribution in [0.15, 0.2) is 18.2 Å². The second-order valence-corrected chi connectivity index (χ2v) is 5.05. The lowest BCUT2D eigenvalue weighted by Gasteiger charge is -2.24. The van der Waals surface area contributed by atoms with Crippen LogP contribution in [0, 0.1) is 0 Å². The number of hydrogen-bond donors (Lipinski definition) is 2. The van der Waals surface area contributed by atoms with Crippen LogP contribution in [0.4, 0.5) is 11.4 Å². The van der Waals surface area contributed by atoms with Crippen molar-refractivity contribution in [3.8, 4) is 11.4 Å². The van der Waals surface area contributed by atoms with Crippen LogP contribution < -0.4 is 11.5 Å². The van der Waals surface area contributed by atoms with E-state index in [2.05, 4.69) is 15.5 Å². The van der Waals surface area contributed by atoms with Crippen molar-refractivity contribution < 1.29 is 4.74 Å². The standard InChI is InChI=1S/C12H18N6O/c1-12(2,7-19-3)18-11(15-16-17-18)8-4-9(13)6-10(14)5-8/h4-6H,7,13-14H2,1-3H3. The monoisotopic (exact) mass is 262 g/mol. The molecule has 0 radical (unpaired) electrons. The molecule has 4 N–H and O–H groups in total. The summed E-state index contributed by atoms with van der Waals surface area (Å²) in [5, 5.41) is 11.8. The zero-order valence-corrected chi connectivity index (χ0v) is 11.3. The Labute approximate surface area is 111 Å². The minimum Gasteiger partial charge on any atom is -0.399 e. The Morgan fingerprint density at radius 1 is 1.21 bits per heavy atom. The maximum atomic E-state index is 5.80. The zero-order chi connectivity index (χ0) is 14.0. The van der Waals surface area contributed by atoms with E-state index in [0.29, 0.717) is 23.8 Å². The second-order valence-electron chi connectivity index (χ2n) is 5.05. The molecule has 0 bridgehead atoms. The highest BCUT2D eigenvalue weighted by molar-refractivity contribution is 5.68. The van der Waals surface area contributed by atoms with Crippen LogP contribution in [0.2, 0.25) is 0 Å². The van der Waals surface area contributed by atoms with Gasteiger partial charge in [0.15, 0.2) is 5.82 Å². The summed E-state index contributed by atoms with van der Waals surface area (Å²) in [6, 6.07) is 5.28. The lowest BCUT2D eigenvalue weighted by molar-refractivity contribution is 0.101. The SMILES string of the molecule is COCC(C)(C)n1nnnc1-c1cc(N)cc(N)c1. The summed E-state index contributed by atoms with van der Waals surface area (Å²) in [7, 11) is 1.64. The number of benzene rings is 1. The first kappa shape index (κ1) is 13.3. The van der Waals surface area contributed by atoms with Gasteiger partial charge in [-0.25, -0.2) is 4.68 Å². The van der Waals surface area contributed by atoms with Crippen LogP contribution in [0.25, 0.3) is 11.4 Å². The highest BCUT2D eigenvalue weighted by Gasteiger charge is 2.26. The number of nitrogens with two attached hydrogens (primary N) is 2. The van der Waals surface area contributed by atoms with Gasteiger partial charge in [0.25, 0.3) is 0 Å². The highest BCUT2D eigenvalue weighted by Crippen LogP contribution is 2.26. The second kappa shape index (κ2) is 4.85. The van der Waals surface area contributed by atoms with Gasteiger partial charge in [-0.05, 0) is 42.5 Å². The summed E-state index contributed by atoms with van der Waals surface area (Å²) in [5.41, 5.74) is 13.2. The van der Waals surface area contributed by atoms with Crippen molar-refractivity contribution in [2.45, 2.75) is 19.4 Å². The summed E-state index contributed by atoms with van der Waals surface area (Å²) < 4.78 is 6.92. The fourth-order valence-corrected chi connectivity index (χ4v) is 1.99. The van der Waals surface area contributed by atoms with Crippen LogP contribution >= 0.6 is 0 Å². The van der Waals surface area contributed by atoms with Gasteiger partial charge in [-0.1, -0.05) is 0 Å². The molecule has 0 aliphatic carbocycles. The highest BCUT2D eigenvalue weighted by atomic mass is 16.5. The van der Waals surface area contributed by atoms with Crippen LogP contribution in [-0.4, -0.2) is 33.9 Å². The average molecular weight is 262 g/mol. The van der Waals surface area contributed by atoms with E-state index in [9.17, 15) is 0 Å². The van der Waals surface area contributed by atoms with E-state index in [1.54, 1.807) is 30.0 Å². The smallest absolute Gasteiger partial charge is 0.182 e. The summed E-state index contributed by atoms with van der Waals surface area (Å²) in [5.74, 6) is 0.612. The van der Waals surface area contributed by atoms with E-state index in [0.717, 1.165) is 5.56 Å². The van der Waals surface area contributed by atoms with Gasteiger partial charge in [0.05, 0.1) is 12.1 Å². The fraction of sp³-hybridized carbons (Fsp3) is 0.417. The molecule has 19 heavy (non-hydrogen) atoms. The molecule has 0 aliphatic heterocycles. The summed E-state index contributed by atoms with van der Waals surface area (Å²) in [6.45, 7) is 4.47. The topological polar surface area (TPSA) is 105 Å². The number of aromatic nitrogens is 4. The first-order valence-electron chi connectivity index (χ1n) is 5.88. The molecular formula is C12H18N6O. The predicted octanol–water partition coefficient (Wildman–Crippen LogP) is 0.886. The number of hydrogen-bond acceptors (Lipinski definition) is 6. The van der Waals surface area contributed by atoms with Crippen molar-refractivity contribution in [1.29, 1.82) is 0 Å². The largest absolute Gasteiger partial charge is 0.399 e. The molecule has 102 valence electrons. The van der Waals surface area contributed by atoms with Gasteiger partial charge in [0.2, 0.25) is 0 Å². The van der Waals surface area contributed by atoms with Crippen molar-refractivity contribution in [2.75, 3.05) is 25.2 Å². The molecule has 7 heteroatoms. The molecule has 0 atom stereocenters. The van der Waals surface area contributed by atoms with Gasteiger partial charge in [0.1, 0.15) is 0 Å². The molecule has 7 nitrogen and oxygen atoms in total. The molecule has 2 rings (SSSR count). The summed E-state index contributed by atoms with van der Waals surface area (Å²) >= 11 is 0.